The van der Waals surface area contributed by atoms with Crippen molar-refractivity contribution in [2.75, 3.05) is 20.3 Å². The maximum atomic E-state index is 11.3. The first-order valence-corrected chi connectivity index (χ1v) is 4.19. The smallest absolute Gasteiger partial charge is 0.271 e. The molecular formula is C8H13N3O3. The minimum Gasteiger partial charge on any atom is -0.395 e. The van der Waals surface area contributed by atoms with E-state index in [4.69, 9.17) is 9.84 Å². The molecule has 2 N–H and O–H groups in total. The van der Waals surface area contributed by atoms with E-state index in [2.05, 4.69) is 10.4 Å². The lowest BCUT2D eigenvalue weighted by atomic mass is 10.4. The fourth-order valence-corrected chi connectivity index (χ4v) is 0.947. The average Bonchev–Trinajstić information content (AvgIpc) is 2.63. The van der Waals surface area contributed by atoms with Crippen LogP contribution in [0.15, 0.2) is 12.3 Å². The highest BCUT2D eigenvalue weighted by molar-refractivity contribution is 5.92. The first-order chi connectivity index (χ1) is 6.77. The van der Waals surface area contributed by atoms with Crippen molar-refractivity contribution in [1.29, 1.82) is 0 Å². The zero-order valence-corrected chi connectivity index (χ0v) is 7.93. The van der Waals surface area contributed by atoms with Crippen LogP contribution in [-0.4, -0.2) is 41.1 Å². The molecule has 78 valence electrons. The molecule has 0 aliphatic rings. The Balaban J connectivity index is 2.53. The van der Waals surface area contributed by atoms with Crippen molar-refractivity contribution in [3.8, 4) is 0 Å². The molecule has 0 radical (unpaired) electrons. The van der Waals surface area contributed by atoms with Gasteiger partial charge in [0.2, 0.25) is 0 Å². The number of carbonyl (C=O) groups excluding carboxylic acids is 1. The van der Waals surface area contributed by atoms with Gasteiger partial charge in [0.05, 0.1) is 6.61 Å². The lowest BCUT2D eigenvalue weighted by Gasteiger charge is -1.99. The van der Waals surface area contributed by atoms with Crippen molar-refractivity contribution in [2.24, 2.45) is 0 Å². The maximum Gasteiger partial charge on any atom is 0.271 e. The summed E-state index contributed by atoms with van der Waals surface area (Å²) in [6.45, 7) is 0.466. The van der Waals surface area contributed by atoms with Crippen molar-refractivity contribution < 1.29 is 14.6 Å². The van der Waals surface area contributed by atoms with Crippen LogP contribution in [0.1, 0.15) is 10.5 Å². The van der Waals surface area contributed by atoms with E-state index in [1.165, 1.54) is 4.68 Å². The summed E-state index contributed by atoms with van der Waals surface area (Å²) in [5, 5.41) is 14.9. The Morgan fingerprint density at radius 2 is 2.57 bits per heavy atom. The van der Waals surface area contributed by atoms with Crippen LogP contribution in [0.25, 0.3) is 0 Å². The normalized spacial score (nSPS) is 10.1. The summed E-state index contributed by atoms with van der Waals surface area (Å²) < 4.78 is 6.34. The molecule has 0 fully saturated rings. The number of rotatable bonds is 5. The van der Waals surface area contributed by atoms with Gasteiger partial charge in [-0.15, -0.1) is 0 Å². The molecule has 0 saturated carbocycles. The third kappa shape index (κ3) is 2.82. The predicted octanol–water partition coefficient (Wildman–Crippen LogP) is -0.791. The van der Waals surface area contributed by atoms with Crippen LogP contribution < -0.4 is 5.32 Å². The standard InChI is InChI=1S/C8H13N3O3/c1-14-6-11-4-2-7(10-11)8(13)9-3-5-12/h2,4,12H,3,5-6H2,1H3,(H,9,13). The molecule has 0 aliphatic carbocycles. The second-order valence-electron chi connectivity index (χ2n) is 2.64. The van der Waals surface area contributed by atoms with Crippen LogP contribution in [0.4, 0.5) is 0 Å². The van der Waals surface area contributed by atoms with Gasteiger partial charge in [-0.3, -0.25) is 4.79 Å². The van der Waals surface area contributed by atoms with Crippen LogP contribution in [0, 0.1) is 0 Å². The van der Waals surface area contributed by atoms with Gasteiger partial charge in [0, 0.05) is 19.9 Å². The summed E-state index contributed by atoms with van der Waals surface area (Å²) in [6, 6.07) is 1.59. The molecule has 6 nitrogen and oxygen atoms in total. The van der Waals surface area contributed by atoms with Crippen molar-refractivity contribution in [1.82, 2.24) is 15.1 Å². The minimum atomic E-state index is -0.297. The number of nitrogens with zero attached hydrogens (tertiary/aromatic N) is 2. The van der Waals surface area contributed by atoms with E-state index < -0.39 is 0 Å². The Bertz CT molecular complexity index is 298. The van der Waals surface area contributed by atoms with Crippen LogP contribution in [0.2, 0.25) is 0 Å². The van der Waals surface area contributed by atoms with Crippen molar-refractivity contribution >= 4 is 5.91 Å². The van der Waals surface area contributed by atoms with Gasteiger partial charge in [0.25, 0.3) is 5.91 Å². The molecule has 6 heteroatoms. The van der Waals surface area contributed by atoms with Gasteiger partial charge in [0.15, 0.2) is 0 Å². The molecule has 1 heterocycles. The number of amides is 1. The summed E-state index contributed by atoms with van der Waals surface area (Å²) in [5.41, 5.74) is 0.315. The van der Waals surface area contributed by atoms with Crippen molar-refractivity contribution in [3.63, 3.8) is 0 Å². The number of ether oxygens (including phenoxy) is 1. The molecule has 14 heavy (non-hydrogen) atoms. The third-order valence-corrected chi connectivity index (χ3v) is 1.53. The molecule has 0 unspecified atom stereocenters. The molecule has 1 aromatic rings. The predicted molar refractivity (Wildman–Crippen MR) is 48.7 cm³/mol. The Kier molecular flexibility index (Phi) is 4.09. The molecule has 0 bridgehead atoms. The van der Waals surface area contributed by atoms with Gasteiger partial charge in [-0.2, -0.15) is 5.10 Å². The number of nitrogens with one attached hydrogen (secondary N) is 1. The molecule has 1 amide bonds. The van der Waals surface area contributed by atoms with Crippen LogP contribution in [0.3, 0.4) is 0 Å². The molecule has 1 aromatic heterocycles. The number of methoxy groups -OCH3 is 1. The molecule has 0 atom stereocenters. The van der Waals surface area contributed by atoms with Gasteiger partial charge >= 0.3 is 0 Å². The zero-order valence-electron chi connectivity index (χ0n) is 7.93. The third-order valence-electron chi connectivity index (χ3n) is 1.53. The minimum absolute atomic E-state index is 0.0788. The van der Waals surface area contributed by atoms with E-state index in [-0.39, 0.29) is 19.1 Å². The van der Waals surface area contributed by atoms with Crippen molar-refractivity contribution in [2.45, 2.75) is 6.73 Å². The van der Waals surface area contributed by atoms with Gasteiger partial charge in [-0.05, 0) is 6.07 Å². The Labute approximate surface area is 81.5 Å². The summed E-state index contributed by atoms with van der Waals surface area (Å²) in [7, 11) is 1.55. The summed E-state index contributed by atoms with van der Waals surface area (Å²) in [6.07, 6.45) is 1.65. The number of hydrogen-bond donors (Lipinski definition) is 2. The number of hydrogen-bond acceptors (Lipinski definition) is 4. The summed E-state index contributed by atoms with van der Waals surface area (Å²) in [5.74, 6) is -0.297. The van der Waals surface area contributed by atoms with E-state index in [1.807, 2.05) is 0 Å². The van der Waals surface area contributed by atoms with E-state index in [0.29, 0.717) is 12.4 Å². The lowest BCUT2D eigenvalue weighted by Crippen LogP contribution is -2.26. The maximum absolute atomic E-state index is 11.3. The van der Waals surface area contributed by atoms with Gasteiger partial charge in [0.1, 0.15) is 12.4 Å². The summed E-state index contributed by atoms with van der Waals surface area (Å²) >= 11 is 0. The van der Waals surface area contributed by atoms with Crippen LogP contribution >= 0.6 is 0 Å². The molecule has 0 aromatic carbocycles. The Morgan fingerprint density at radius 3 is 3.21 bits per heavy atom. The fourth-order valence-electron chi connectivity index (χ4n) is 0.947. The number of carbonyl (C=O) groups is 1. The molecule has 0 aliphatic heterocycles. The zero-order chi connectivity index (χ0) is 10.4. The van der Waals surface area contributed by atoms with Gasteiger partial charge in [-0.1, -0.05) is 0 Å². The van der Waals surface area contributed by atoms with Gasteiger partial charge in [-0.25, -0.2) is 4.68 Å². The van der Waals surface area contributed by atoms with E-state index >= 15 is 0 Å². The first-order valence-electron chi connectivity index (χ1n) is 4.19. The van der Waals surface area contributed by atoms with E-state index in [1.54, 1.807) is 19.4 Å². The second-order valence-corrected chi connectivity index (χ2v) is 2.64. The van der Waals surface area contributed by atoms with Gasteiger partial charge < -0.3 is 15.2 Å². The average molecular weight is 199 g/mol. The highest BCUT2D eigenvalue weighted by Gasteiger charge is 2.07. The summed E-state index contributed by atoms with van der Waals surface area (Å²) in [4.78, 5) is 11.3. The first kappa shape index (κ1) is 10.7. The molecule has 1 rings (SSSR count). The van der Waals surface area contributed by atoms with Crippen molar-refractivity contribution in [3.05, 3.63) is 18.0 Å². The number of aromatic nitrogens is 2. The highest BCUT2D eigenvalue weighted by Crippen LogP contribution is 1.95. The van der Waals surface area contributed by atoms with E-state index in [0.717, 1.165) is 0 Å². The highest BCUT2D eigenvalue weighted by atomic mass is 16.5. The SMILES string of the molecule is COCn1ccc(C(=O)NCCO)n1. The quantitative estimate of drug-likeness (QED) is 0.651. The number of aliphatic hydroxyl groups excluding tert-OH is 1. The molecule has 0 spiro atoms. The molecular weight excluding hydrogens is 186 g/mol. The lowest BCUT2D eigenvalue weighted by molar-refractivity contribution is 0.0932. The Hall–Kier alpha value is -1.40. The molecule has 0 saturated heterocycles. The Morgan fingerprint density at radius 1 is 1.79 bits per heavy atom. The second kappa shape index (κ2) is 5.36. The largest absolute Gasteiger partial charge is 0.395 e. The van der Waals surface area contributed by atoms with E-state index in [9.17, 15) is 4.79 Å². The number of aliphatic hydroxyl groups is 1. The van der Waals surface area contributed by atoms with Crippen LogP contribution in [-0.2, 0) is 11.5 Å². The van der Waals surface area contributed by atoms with Crippen LogP contribution in [0.5, 0.6) is 0 Å². The fraction of sp³-hybridized carbons (Fsp3) is 0.500. The monoisotopic (exact) mass is 199 g/mol. The topological polar surface area (TPSA) is 76.4 Å².